The fourth-order valence-corrected chi connectivity index (χ4v) is 2.65. The second kappa shape index (κ2) is 7.00. The average Bonchev–Trinajstić information content (AvgIpc) is 2.29. The highest BCUT2D eigenvalue weighted by molar-refractivity contribution is 5.86. The number of alkyl carbamates (subject to hydrolysis) is 2. The molecule has 1 saturated carbocycles. The van der Waals surface area contributed by atoms with Gasteiger partial charge in [0, 0.05) is 6.42 Å². The van der Waals surface area contributed by atoms with Crippen molar-refractivity contribution >= 4 is 24.1 Å². The molecular weight excluding hydrogens is 348 g/mol. The molecule has 0 aliphatic heterocycles. The summed E-state index contributed by atoms with van der Waals surface area (Å²) in [5.74, 6) is -5.68. The molecule has 10 heteroatoms. The zero-order valence-corrected chi connectivity index (χ0v) is 15.7. The third-order valence-electron chi connectivity index (χ3n) is 3.51. The molecule has 4 N–H and O–H groups in total. The van der Waals surface area contributed by atoms with Gasteiger partial charge in [-0.15, -0.1) is 0 Å². The lowest BCUT2D eigenvalue weighted by Gasteiger charge is -2.51. The zero-order valence-electron chi connectivity index (χ0n) is 15.7. The molecule has 0 heterocycles. The van der Waals surface area contributed by atoms with Crippen molar-refractivity contribution in [3.05, 3.63) is 0 Å². The maximum atomic E-state index is 12.1. The van der Waals surface area contributed by atoms with Crippen molar-refractivity contribution in [3.63, 3.8) is 0 Å². The van der Waals surface area contributed by atoms with Crippen molar-refractivity contribution in [3.8, 4) is 0 Å². The van der Waals surface area contributed by atoms with Gasteiger partial charge in [-0.05, 0) is 41.5 Å². The molecule has 1 fully saturated rings. The fraction of sp³-hybridized carbons (Fsp3) is 0.750. The van der Waals surface area contributed by atoms with Crippen molar-refractivity contribution in [2.75, 3.05) is 0 Å². The normalized spacial score (nSPS) is 21.8. The van der Waals surface area contributed by atoms with Crippen LogP contribution < -0.4 is 10.6 Å². The Hall–Kier alpha value is -2.52. The first kappa shape index (κ1) is 21.5. The number of carboxylic acid groups (broad SMARTS) is 2. The number of hydrogen-bond acceptors (Lipinski definition) is 6. The van der Waals surface area contributed by atoms with Crippen LogP contribution in [0.5, 0.6) is 0 Å². The molecular formula is C16H26N2O8. The zero-order chi connectivity index (χ0) is 20.5. The lowest BCUT2D eigenvalue weighted by molar-refractivity contribution is -0.171. The van der Waals surface area contributed by atoms with Gasteiger partial charge in [0.2, 0.25) is 0 Å². The number of aliphatic carboxylic acids is 2. The molecule has 0 saturated heterocycles. The summed E-state index contributed by atoms with van der Waals surface area (Å²) >= 11 is 0. The fourth-order valence-electron chi connectivity index (χ4n) is 2.65. The van der Waals surface area contributed by atoms with Crippen LogP contribution >= 0.6 is 0 Å². The predicted octanol–water partition coefficient (Wildman–Crippen LogP) is 1.54. The van der Waals surface area contributed by atoms with Gasteiger partial charge in [0.25, 0.3) is 0 Å². The number of carbonyl (C=O) groups is 4. The van der Waals surface area contributed by atoms with Crippen LogP contribution in [0.25, 0.3) is 0 Å². The lowest BCUT2D eigenvalue weighted by Crippen LogP contribution is -2.76. The van der Waals surface area contributed by atoms with Crippen LogP contribution in [0.2, 0.25) is 0 Å². The molecule has 0 aromatic heterocycles. The van der Waals surface area contributed by atoms with Crippen molar-refractivity contribution in [2.45, 2.75) is 64.8 Å². The van der Waals surface area contributed by atoms with Crippen LogP contribution in [0, 0.1) is 11.8 Å². The SMILES string of the molecule is CC(C)(C)OC(=O)NC1(NC(=O)OC(C)(C)C)CC(C(=O)O)C1C(=O)O. The lowest BCUT2D eigenvalue weighted by atomic mass is 9.63. The van der Waals surface area contributed by atoms with Crippen molar-refractivity contribution in [1.29, 1.82) is 0 Å². The summed E-state index contributed by atoms with van der Waals surface area (Å²) in [6.45, 7) is 9.64. The van der Waals surface area contributed by atoms with Crippen molar-refractivity contribution < 1.29 is 38.9 Å². The molecule has 1 rings (SSSR count). The van der Waals surface area contributed by atoms with Gasteiger partial charge in [-0.3, -0.25) is 20.2 Å². The van der Waals surface area contributed by atoms with E-state index >= 15 is 0 Å². The van der Waals surface area contributed by atoms with Crippen molar-refractivity contribution in [2.24, 2.45) is 11.8 Å². The van der Waals surface area contributed by atoms with Crippen molar-refractivity contribution in [1.82, 2.24) is 10.6 Å². The minimum Gasteiger partial charge on any atom is -0.481 e. The summed E-state index contributed by atoms with van der Waals surface area (Å²) in [7, 11) is 0. The maximum Gasteiger partial charge on any atom is 0.409 e. The molecule has 1 aliphatic rings. The highest BCUT2D eigenvalue weighted by atomic mass is 16.6. The van der Waals surface area contributed by atoms with Crippen LogP contribution in [-0.2, 0) is 19.1 Å². The monoisotopic (exact) mass is 374 g/mol. The van der Waals surface area contributed by atoms with Gasteiger partial charge in [0.05, 0.1) is 5.92 Å². The highest BCUT2D eigenvalue weighted by Gasteiger charge is 2.63. The largest absolute Gasteiger partial charge is 0.481 e. The number of hydrogen-bond donors (Lipinski definition) is 4. The summed E-state index contributed by atoms with van der Waals surface area (Å²) in [4.78, 5) is 47.1. The van der Waals surface area contributed by atoms with E-state index in [9.17, 15) is 29.4 Å². The smallest absolute Gasteiger partial charge is 0.409 e. The highest BCUT2D eigenvalue weighted by Crippen LogP contribution is 2.43. The minimum atomic E-state index is -1.83. The molecule has 0 bridgehead atoms. The van der Waals surface area contributed by atoms with E-state index in [4.69, 9.17) is 9.47 Å². The Kier molecular flexibility index (Phi) is 5.80. The number of amides is 2. The van der Waals surface area contributed by atoms with Gasteiger partial charge in [-0.25, -0.2) is 9.59 Å². The molecule has 10 nitrogen and oxygen atoms in total. The minimum absolute atomic E-state index is 0.322. The van der Waals surface area contributed by atoms with Gasteiger partial charge in [-0.1, -0.05) is 0 Å². The first-order valence-corrected chi connectivity index (χ1v) is 8.04. The van der Waals surface area contributed by atoms with E-state index in [1.165, 1.54) is 0 Å². The Balaban J connectivity index is 3.09. The van der Waals surface area contributed by atoms with E-state index in [2.05, 4.69) is 10.6 Å². The second-order valence-electron chi connectivity index (χ2n) is 8.19. The molecule has 26 heavy (non-hydrogen) atoms. The van der Waals surface area contributed by atoms with E-state index in [-0.39, 0.29) is 6.42 Å². The summed E-state index contributed by atoms with van der Waals surface area (Å²) < 4.78 is 10.2. The van der Waals surface area contributed by atoms with Gasteiger partial charge in [-0.2, -0.15) is 0 Å². The van der Waals surface area contributed by atoms with E-state index in [0.717, 1.165) is 0 Å². The summed E-state index contributed by atoms with van der Waals surface area (Å²) in [6, 6.07) is 0. The molecule has 1 aliphatic carbocycles. The number of carboxylic acids is 2. The Morgan fingerprint density at radius 2 is 1.23 bits per heavy atom. The van der Waals surface area contributed by atoms with Crippen LogP contribution in [0.4, 0.5) is 9.59 Å². The molecule has 0 radical (unpaired) electrons. The first-order valence-electron chi connectivity index (χ1n) is 8.04. The average molecular weight is 374 g/mol. The topological polar surface area (TPSA) is 151 Å². The number of nitrogens with one attached hydrogen (secondary N) is 2. The van der Waals surface area contributed by atoms with Gasteiger partial charge in [0.15, 0.2) is 0 Å². The summed E-state index contributed by atoms with van der Waals surface area (Å²) in [5.41, 5.74) is -3.57. The molecule has 0 spiro atoms. The summed E-state index contributed by atoms with van der Waals surface area (Å²) in [5, 5.41) is 23.2. The summed E-state index contributed by atoms with van der Waals surface area (Å²) in [6.07, 6.45) is -2.29. The Bertz CT molecular complexity index is 572. The first-order chi connectivity index (χ1) is 11.6. The predicted molar refractivity (Wildman–Crippen MR) is 88.3 cm³/mol. The molecule has 0 aromatic rings. The van der Waals surface area contributed by atoms with Crippen LogP contribution in [0.15, 0.2) is 0 Å². The number of ether oxygens (including phenoxy) is 2. The number of rotatable bonds is 4. The quantitative estimate of drug-likeness (QED) is 0.541. The van der Waals surface area contributed by atoms with Crippen LogP contribution in [-0.4, -0.2) is 51.2 Å². The standard InChI is InChI=1S/C16H26N2O8/c1-14(2,3)25-12(23)17-16(18-13(24)26-15(4,5)6)7-8(10(19)20)9(16)11(21)22/h8-9H,7H2,1-6H3,(H,17,23)(H,18,24)(H,19,20)(H,21,22). The van der Waals surface area contributed by atoms with Crippen LogP contribution in [0.3, 0.4) is 0 Å². The Labute approximate surface area is 151 Å². The third-order valence-corrected chi connectivity index (χ3v) is 3.51. The maximum absolute atomic E-state index is 12.1. The molecule has 2 amide bonds. The van der Waals surface area contributed by atoms with Gasteiger partial charge >= 0.3 is 24.1 Å². The molecule has 148 valence electrons. The number of carbonyl (C=O) groups excluding carboxylic acids is 2. The van der Waals surface area contributed by atoms with E-state index in [1.54, 1.807) is 41.5 Å². The molecule has 0 aromatic carbocycles. The van der Waals surface area contributed by atoms with Gasteiger partial charge in [0.1, 0.15) is 22.8 Å². The van der Waals surface area contributed by atoms with Crippen LogP contribution in [0.1, 0.15) is 48.0 Å². The van der Waals surface area contributed by atoms with E-state index in [1.807, 2.05) is 0 Å². The van der Waals surface area contributed by atoms with E-state index < -0.39 is 52.8 Å². The molecule has 2 unspecified atom stereocenters. The van der Waals surface area contributed by atoms with Gasteiger partial charge < -0.3 is 19.7 Å². The Morgan fingerprint density at radius 3 is 1.50 bits per heavy atom. The third kappa shape index (κ3) is 5.50. The van der Waals surface area contributed by atoms with E-state index in [0.29, 0.717) is 0 Å². The molecule has 2 atom stereocenters. The Morgan fingerprint density at radius 1 is 0.846 bits per heavy atom. The second-order valence-corrected chi connectivity index (χ2v) is 8.19.